The van der Waals surface area contributed by atoms with Crippen LogP contribution in [0, 0.1) is 11.3 Å². The maximum atomic E-state index is 10.5. The van der Waals surface area contributed by atoms with Gasteiger partial charge in [-0.3, -0.25) is 0 Å². The molecule has 2 N–H and O–H groups in total. The van der Waals surface area contributed by atoms with Crippen molar-refractivity contribution in [1.82, 2.24) is 35.3 Å². The van der Waals surface area contributed by atoms with Crippen LogP contribution in [-0.2, 0) is 0 Å². The number of hydrogen-bond donors (Lipinski definition) is 2. The SMILES string of the molecule is CN(c1cnc(-c2ccc(-n3cnc(C#N)n3)cc2O)nn1)C1C[C@]2(C)CCC[C@](C)(C1)N2. The molecule has 3 aromatic rings. The third-order valence-electron chi connectivity index (χ3n) is 6.97. The summed E-state index contributed by atoms with van der Waals surface area (Å²) in [4.78, 5) is 10.5. The van der Waals surface area contributed by atoms with E-state index in [-0.39, 0.29) is 22.7 Å². The van der Waals surface area contributed by atoms with Gasteiger partial charge in [0.05, 0.1) is 17.4 Å². The molecular formula is C23H27N9O. The number of aromatic hydroxyl groups is 1. The normalized spacial score (nSPS) is 26.5. The van der Waals surface area contributed by atoms with Gasteiger partial charge in [0.1, 0.15) is 18.1 Å². The Morgan fingerprint density at radius 2 is 1.94 bits per heavy atom. The van der Waals surface area contributed by atoms with E-state index in [1.807, 2.05) is 6.07 Å². The summed E-state index contributed by atoms with van der Waals surface area (Å²) in [7, 11) is 2.06. The fourth-order valence-electron chi connectivity index (χ4n) is 5.45. The Kier molecular flexibility index (Phi) is 5.01. The molecule has 170 valence electrons. The van der Waals surface area contributed by atoms with Crippen LogP contribution in [0.4, 0.5) is 5.82 Å². The van der Waals surface area contributed by atoms with Crippen LogP contribution in [-0.4, -0.2) is 59.2 Å². The van der Waals surface area contributed by atoms with Crippen LogP contribution >= 0.6 is 0 Å². The van der Waals surface area contributed by atoms with Gasteiger partial charge < -0.3 is 15.3 Å². The van der Waals surface area contributed by atoms with Crippen LogP contribution in [0.1, 0.15) is 51.8 Å². The average molecular weight is 446 g/mol. The number of phenols is 1. The second-order valence-corrected chi connectivity index (χ2v) is 9.74. The molecular weight excluding hydrogens is 418 g/mol. The van der Waals surface area contributed by atoms with Crippen molar-refractivity contribution in [3.05, 3.63) is 36.5 Å². The molecule has 2 saturated heterocycles. The lowest BCUT2D eigenvalue weighted by molar-refractivity contribution is 0.0784. The highest BCUT2D eigenvalue weighted by molar-refractivity contribution is 5.66. The van der Waals surface area contributed by atoms with Crippen molar-refractivity contribution in [2.45, 2.75) is 63.1 Å². The number of nitrogens with one attached hydrogen (secondary N) is 1. The lowest BCUT2D eigenvalue weighted by atomic mass is 9.69. The number of phenolic OH excluding ortho intramolecular Hbond substituents is 1. The van der Waals surface area contributed by atoms with E-state index in [1.54, 1.807) is 18.3 Å². The van der Waals surface area contributed by atoms with Crippen molar-refractivity contribution < 1.29 is 5.11 Å². The van der Waals surface area contributed by atoms with Crippen molar-refractivity contribution in [1.29, 1.82) is 5.26 Å². The fraction of sp³-hybridized carbons (Fsp3) is 0.478. The molecule has 2 aromatic heterocycles. The summed E-state index contributed by atoms with van der Waals surface area (Å²) < 4.78 is 1.43. The van der Waals surface area contributed by atoms with Crippen LogP contribution in [0.5, 0.6) is 5.75 Å². The number of hydrogen-bond acceptors (Lipinski definition) is 9. The number of fused-ring (bicyclic) bond motifs is 2. The quantitative estimate of drug-likeness (QED) is 0.622. The zero-order valence-electron chi connectivity index (χ0n) is 19.0. The topological polar surface area (TPSA) is 129 Å². The number of benzene rings is 1. The summed E-state index contributed by atoms with van der Waals surface area (Å²) in [5.41, 5.74) is 1.35. The van der Waals surface area contributed by atoms with E-state index in [0.29, 0.717) is 23.1 Å². The Morgan fingerprint density at radius 3 is 2.55 bits per heavy atom. The van der Waals surface area contributed by atoms with Gasteiger partial charge >= 0.3 is 0 Å². The molecule has 3 atom stereocenters. The molecule has 0 spiro atoms. The van der Waals surface area contributed by atoms with Crippen LogP contribution in [0.15, 0.2) is 30.7 Å². The van der Waals surface area contributed by atoms with Crippen LogP contribution in [0.3, 0.4) is 0 Å². The molecule has 0 aliphatic carbocycles. The first-order chi connectivity index (χ1) is 15.8. The Hall–Kier alpha value is -3.58. The van der Waals surface area contributed by atoms with Gasteiger partial charge in [0.25, 0.3) is 5.82 Å². The Balaban J connectivity index is 1.35. The molecule has 1 aromatic carbocycles. The minimum absolute atomic E-state index is 0.00329. The number of nitrogens with zero attached hydrogens (tertiary/aromatic N) is 8. The molecule has 2 aliphatic rings. The number of rotatable bonds is 4. The van der Waals surface area contributed by atoms with Gasteiger partial charge in [-0.25, -0.2) is 14.6 Å². The Morgan fingerprint density at radius 1 is 1.18 bits per heavy atom. The maximum absolute atomic E-state index is 10.5. The number of anilines is 1. The largest absolute Gasteiger partial charge is 0.507 e. The van der Waals surface area contributed by atoms with Crippen molar-refractivity contribution in [2.24, 2.45) is 0 Å². The van der Waals surface area contributed by atoms with Crippen LogP contribution < -0.4 is 10.2 Å². The van der Waals surface area contributed by atoms with E-state index in [4.69, 9.17) is 5.26 Å². The molecule has 10 nitrogen and oxygen atoms in total. The predicted molar refractivity (Wildman–Crippen MR) is 122 cm³/mol. The molecule has 4 heterocycles. The zero-order chi connectivity index (χ0) is 23.2. The molecule has 33 heavy (non-hydrogen) atoms. The molecule has 1 unspecified atom stereocenters. The smallest absolute Gasteiger partial charge is 0.252 e. The highest BCUT2D eigenvalue weighted by Crippen LogP contribution is 2.41. The van der Waals surface area contributed by atoms with E-state index < -0.39 is 0 Å². The van der Waals surface area contributed by atoms with E-state index in [2.05, 4.69) is 56.4 Å². The van der Waals surface area contributed by atoms with Crippen molar-refractivity contribution in [3.63, 3.8) is 0 Å². The summed E-state index contributed by atoms with van der Waals surface area (Å²) in [6, 6.07) is 7.23. The average Bonchev–Trinajstić information content (AvgIpc) is 3.27. The second-order valence-electron chi connectivity index (χ2n) is 9.74. The molecule has 2 fully saturated rings. The third kappa shape index (κ3) is 4.00. The maximum Gasteiger partial charge on any atom is 0.252 e. The van der Waals surface area contributed by atoms with Gasteiger partial charge in [-0.15, -0.1) is 15.3 Å². The van der Waals surface area contributed by atoms with Crippen LogP contribution in [0.2, 0.25) is 0 Å². The van der Waals surface area contributed by atoms with Crippen LogP contribution in [0.25, 0.3) is 17.1 Å². The minimum Gasteiger partial charge on any atom is -0.507 e. The number of aromatic nitrogens is 6. The van der Waals surface area contributed by atoms with Gasteiger partial charge in [-0.05, 0) is 58.1 Å². The molecule has 0 radical (unpaired) electrons. The number of piperidine rings is 2. The first kappa shape index (κ1) is 21.3. The first-order valence-electron chi connectivity index (χ1n) is 11.1. The molecule has 0 saturated carbocycles. The van der Waals surface area contributed by atoms with E-state index in [0.717, 1.165) is 18.7 Å². The van der Waals surface area contributed by atoms with Crippen molar-refractivity contribution >= 4 is 5.82 Å². The summed E-state index contributed by atoms with van der Waals surface area (Å²) in [5, 5.41) is 36.1. The third-order valence-corrected chi connectivity index (χ3v) is 6.97. The highest BCUT2D eigenvalue weighted by atomic mass is 16.3. The number of nitriles is 1. The van der Waals surface area contributed by atoms with E-state index >= 15 is 0 Å². The van der Waals surface area contributed by atoms with Gasteiger partial charge in [0, 0.05) is 30.2 Å². The molecule has 10 heteroatoms. The lowest BCUT2D eigenvalue weighted by Crippen LogP contribution is -2.66. The summed E-state index contributed by atoms with van der Waals surface area (Å²) in [6.07, 6.45) is 8.90. The van der Waals surface area contributed by atoms with Gasteiger partial charge in [-0.1, -0.05) is 0 Å². The summed E-state index contributed by atoms with van der Waals surface area (Å²) >= 11 is 0. The second kappa shape index (κ2) is 7.78. The Bertz CT molecular complexity index is 1200. The fourth-order valence-corrected chi connectivity index (χ4v) is 5.45. The first-order valence-corrected chi connectivity index (χ1v) is 11.1. The molecule has 5 rings (SSSR count). The van der Waals surface area contributed by atoms with E-state index in [1.165, 1.54) is 36.3 Å². The molecule has 2 bridgehead atoms. The van der Waals surface area contributed by atoms with Gasteiger partial charge in [0.2, 0.25) is 0 Å². The summed E-state index contributed by atoms with van der Waals surface area (Å²) in [6.45, 7) is 4.65. The summed E-state index contributed by atoms with van der Waals surface area (Å²) in [5.74, 6) is 1.12. The molecule has 2 aliphatic heterocycles. The van der Waals surface area contributed by atoms with E-state index in [9.17, 15) is 5.11 Å². The standard InChI is InChI=1S/C23H27N9O/c1-22-7-4-8-23(2,30-22)11-16(10-22)31(3)20-13-25-21(28-27-20)17-6-5-15(9-18(17)33)32-14-26-19(12-24)29-32/h5-6,9,13-14,16,30,33H,4,7-8,10-11H2,1-3H3/t16?,22-,23+. The van der Waals surface area contributed by atoms with Crippen molar-refractivity contribution in [2.75, 3.05) is 11.9 Å². The minimum atomic E-state index is -0.00329. The predicted octanol–water partition coefficient (Wildman–Crippen LogP) is 2.59. The lowest BCUT2D eigenvalue weighted by Gasteiger charge is -2.55. The van der Waals surface area contributed by atoms with Crippen molar-refractivity contribution in [3.8, 4) is 28.9 Å². The molecule has 0 amide bonds. The zero-order valence-corrected chi connectivity index (χ0v) is 19.0. The monoisotopic (exact) mass is 445 g/mol. The highest BCUT2D eigenvalue weighted by Gasteiger charge is 2.46. The van der Waals surface area contributed by atoms with Gasteiger partial charge in [-0.2, -0.15) is 5.26 Å². The van der Waals surface area contributed by atoms with Gasteiger partial charge in [0.15, 0.2) is 11.6 Å². The Labute approximate surface area is 192 Å².